The van der Waals surface area contributed by atoms with Crippen LogP contribution in [0.2, 0.25) is 0 Å². The molecule has 0 radical (unpaired) electrons. The SMILES string of the molecule is CCC1(c2ccccc2)NC(=O)N(NC(=O)c2ccc3c(c2)OCO3)C1=O. The lowest BCUT2D eigenvalue weighted by atomic mass is 9.87. The third-order valence-electron chi connectivity index (χ3n) is 4.74. The molecule has 1 fully saturated rings. The largest absolute Gasteiger partial charge is 0.454 e. The normalized spacial score (nSPS) is 20.6. The number of urea groups is 1. The molecule has 2 heterocycles. The lowest BCUT2D eigenvalue weighted by Gasteiger charge is -2.25. The van der Waals surface area contributed by atoms with Crippen molar-refractivity contribution in [3.63, 3.8) is 0 Å². The van der Waals surface area contributed by atoms with E-state index in [4.69, 9.17) is 9.47 Å². The monoisotopic (exact) mass is 367 g/mol. The van der Waals surface area contributed by atoms with Crippen molar-refractivity contribution in [2.75, 3.05) is 6.79 Å². The Morgan fingerprint density at radius 2 is 1.89 bits per heavy atom. The zero-order valence-corrected chi connectivity index (χ0v) is 14.5. The van der Waals surface area contributed by atoms with Gasteiger partial charge < -0.3 is 14.8 Å². The van der Waals surface area contributed by atoms with Gasteiger partial charge in [-0.05, 0) is 30.2 Å². The first-order valence-corrected chi connectivity index (χ1v) is 8.48. The number of fused-ring (bicyclic) bond motifs is 1. The van der Waals surface area contributed by atoms with Crippen molar-refractivity contribution < 1.29 is 23.9 Å². The summed E-state index contributed by atoms with van der Waals surface area (Å²) in [5.41, 5.74) is 2.08. The minimum absolute atomic E-state index is 0.0868. The maximum absolute atomic E-state index is 13.0. The summed E-state index contributed by atoms with van der Waals surface area (Å²) in [4.78, 5) is 38.0. The number of hydrazine groups is 1. The van der Waals surface area contributed by atoms with Crippen LogP contribution in [0.5, 0.6) is 11.5 Å². The quantitative estimate of drug-likeness (QED) is 0.805. The van der Waals surface area contributed by atoms with E-state index in [9.17, 15) is 14.4 Å². The van der Waals surface area contributed by atoms with E-state index < -0.39 is 23.4 Å². The highest BCUT2D eigenvalue weighted by molar-refractivity contribution is 6.09. The molecule has 2 aliphatic heterocycles. The molecule has 0 aliphatic carbocycles. The van der Waals surface area contributed by atoms with Gasteiger partial charge in [-0.15, -0.1) is 0 Å². The van der Waals surface area contributed by atoms with Crippen molar-refractivity contribution in [2.24, 2.45) is 0 Å². The standard InChI is InChI=1S/C19H17N3O5/c1-2-19(13-6-4-3-5-7-13)17(24)22(18(25)20-19)21-16(23)12-8-9-14-15(10-12)27-11-26-14/h3-10H,2,11H2,1H3,(H,20,25)(H,21,23). The Bertz CT molecular complexity index is 930. The van der Waals surface area contributed by atoms with Crippen LogP contribution in [0.25, 0.3) is 0 Å². The van der Waals surface area contributed by atoms with Gasteiger partial charge in [0.2, 0.25) is 6.79 Å². The van der Waals surface area contributed by atoms with E-state index in [0.29, 0.717) is 23.5 Å². The van der Waals surface area contributed by atoms with E-state index in [2.05, 4.69) is 10.7 Å². The average molecular weight is 367 g/mol. The molecule has 1 atom stereocenters. The molecule has 2 aromatic rings. The Hall–Kier alpha value is -3.55. The maximum Gasteiger partial charge on any atom is 0.344 e. The van der Waals surface area contributed by atoms with Crippen molar-refractivity contribution in [1.82, 2.24) is 15.8 Å². The predicted molar refractivity (Wildman–Crippen MR) is 93.8 cm³/mol. The number of hydrogen-bond donors (Lipinski definition) is 2. The van der Waals surface area contributed by atoms with Crippen LogP contribution in [-0.2, 0) is 10.3 Å². The summed E-state index contributed by atoms with van der Waals surface area (Å²) in [6.07, 6.45) is 0.345. The van der Waals surface area contributed by atoms with Gasteiger partial charge in [0.1, 0.15) is 5.54 Å². The molecule has 2 aromatic carbocycles. The molecular weight excluding hydrogens is 350 g/mol. The smallest absolute Gasteiger partial charge is 0.344 e. The van der Waals surface area contributed by atoms with Gasteiger partial charge in [-0.25, -0.2) is 4.79 Å². The Labute approximate surface area is 155 Å². The van der Waals surface area contributed by atoms with Gasteiger partial charge in [0, 0.05) is 5.56 Å². The Balaban J connectivity index is 1.58. The van der Waals surface area contributed by atoms with Gasteiger partial charge in [-0.2, -0.15) is 5.01 Å². The zero-order valence-electron chi connectivity index (χ0n) is 14.5. The first-order valence-electron chi connectivity index (χ1n) is 8.48. The highest BCUT2D eigenvalue weighted by atomic mass is 16.7. The van der Waals surface area contributed by atoms with Gasteiger partial charge in [0.25, 0.3) is 11.8 Å². The maximum atomic E-state index is 13.0. The molecule has 8 heteroatoms. The van der Waals surface area contributed by atoms with Crippen LogP contribution in [0, 0.1) is 0 Å². The zero-order chi connectivity index (χ0) is 19.0. The first-order chi connectivity index (χ1) is 13.0. The van der Waals surface area contributed by atoms with E-state index in [1.807, 2.05) is 6.07 Å². The summed E-state index contributed by atoms with van der Waals surface area (Å²) in [5, 5.41) is 3.44. The lowest BCUT2D eigenvalue weighted by molar-refractivity contribution is -0.133. The lowest BCUT2D eigenvalue weighted by Crippen LogP contribution is -2.48. The van der Waals surface area contributed by atoms with Crippen molar-refractivity contribution in [1.29, 1.82) is 0 Å². The molecule has 0 saturated carbocycles. The third kappa shape index (κ3) is 2.66. The molecule has 8 nitrogen and oxygen atoms in total. The van der Waals surface area contributed by atoms with Gasteiger partial charge in [0.15, 0.2) is 11.5 Å². The minimum atomic E-state index is -1.21. The van der Waals surface area contributed by atoms with E-state index in [1.54, 1.807) is 37.3 Å². The fourth-order valence-corrected chi connectivity index (χ4v) is 3.24. The van der Waals surface area contributed by atoms with Gasteiger partial charge in [-0.1, -0.05) is 37.3 Å². The second-order valence-corrected chi connectivity index (χ2v) is 6.20. The van der Waals surface area contributed by atoms with Crippen molar-refractivity contribution in [3.05, 3.63) is 59.7 Å². The number of imide groups is 1. The first kappa shape index (κ1) is 16.9. The number of hydrogen-bond acceptors (Lipinski definition) is 5. The summed E-state index contributed by atoms with van der Waals surface area (Å²) in [6, 6.07) is 12.9. The van der Waals surface area contributed by atoms with Crippen molar-refractivity contribution in [2.45, 2.75) is 18.9 Å². The van der Waals surface area contributed by atoms with Gasteiger partial charge in [-0.3, -0.25) is 15.0 Å². The molecule has 138 valence electrons. The Morgan fingerprint density at radius 1 is 1.15 bits per heavy atom. The summed E-state index contributed by atoms with van der Waals surface area (Å²) in [6.45, 7) is 1.89. The highest BCUT2D eigenvalue weighted by Crippen LogP contribution is 2.33. The Morgan fingerprint density at radius 3 is 2.63 bits per heavy atom. The van der Waals surface area contributed by atoms with Crippen LogP contribution in [0.15, 0.2) is 48.5 Å². The molecular formula is C19H17N3O5. The number of benzene rings is 2. The molecule has 1 unspecified atom stereocenters. The van der Waals surface area contributed by atoms with Gasteiger partial charge in [0.05, 0.1) is 0 Å². The van der Waals surface area contributed by atoms with Gasteiger partial charge >= 0.3 is 6.03 Å². The predicted octanol–water partition coefficient (Wildman–Crippen LogP) is 1.92. The molecule has 0 bridgehead atoms. The summed E-state index contributed by atoms with van der Waals surface area (Å²) >= 11 is 0. The molecule has 0 aromatic heterocycles. The van der Waals surface area contributed by atoms with Crippen LogP contribution in [0.1, 0.15) is 29.3 Å². The van der Waals surface area contributed by atoms with E-state index in [-0.39, 0.29) is 12.4 Å². The number of nitrogens with one attached hydrogen (secondary N) is 2. The van der Waals surface area contributed by atoms with E-state index >= 15 is 0 Å². The average Bonchev–Trinajstić information content (AvgIpc) is 3.26. The van der Waals surface area contributed by atoms with Crippen LogP contribution in [0.3, 0.4) is 0 Å². The van der Waals surface area contributed by atoms with E-state index in [0.717, 1.165) is 5.01 Å². The van der Waals surface area contributed by atoms with Crippen LogP contribution in [0.4, 0.5) is 4.79 Å². The molecule has 1 saturated heterocycles. The van der Waals surface area contributed by atoms with Crippen molar-refractivity contribution in [3.8, 4) is 11.5 Å². The molecule has 2 N–H and O–H groups in total. The number of rotatable bonds is 4. The highest BCUT2D eigenvalue weighted by Gasteiger charge is 2.52. The summed E-state index contributed by atoms with van der Waals surface area (Å²) < 4.78 is 10.5. The topological polar surface area (TPSA) is 97.0 Å². The molecule has 0 spiro atoms. The van der Waals surface area contributed by atoms with Crippen LogP contribution in [-0.4, -0.2) is 29.6 Å². The second kappa shape index (κ2) is 6.31. The van der Waals surface area contributed by atoms with Crippen LogP contribution < -0.4 is 20.2 Å². The molecule has 27 heavy (non-hydrogen) atoms. The number of nitrogens with zero attached hydrogens (tertiary/aromatic N) is 1. The Kier molecular flexibility index (Phi) is 3.95. The molecule has 4 amide bonds. The number of carbonyl (C=O) groups excluding carboxylic acids is 3. The number of ether oxygens (including phenoxy) is 2. The summed E-state index contributed by atoms with van der Waals surface area (Å²) in [5.74, 6) is -0.158. The van der Waals surface area contributed by atoms with E-state index in [1.165, 1.54) is 12.1 Å². The third-order valence-corrected chi connectivity index (χ3v) is 4.74. The number of carbonyl (C=O) groups is 3. The fraction of sp³-hybridized carbons (Fsp3) is 0.211. The van der Waals surface area contributed by atoms with Crippen molar-refractivity contribution >= 4 is 17.8 Å². The second-order valence-electron chi connectivity index (χ2n) is 6.20. The number of amides is 4. The van der Waals surface area contributed by atoms with Crippen LogP contribution >= 0.6 is 0 Å². The minimum Gasteiger partial charge on any atom is -0.454 e. The summed E-state index contributed by atoms with van der Waals surface area (Å²) in [7, 11) is 0. The fourth-order valence-electron chi connectivity index (χ4n) is 3.24. The molecule has 4 rings (SSSR count). The molecule has 2 aliphatic rings.